The molecule has 1 saturated heterocycles. The second-order valence-corrected chi connectivity index (χ2v) is 3.63. The fourth-order valence-electron chi connectivity index (χ4n) is 1.81. The summed E-state index contributed by atoms with van der Waals surface area (Å²) in [6.45, 7) is 2.24. The zero-order chi connectivity index (χ0) is 10.7. The summed E-state index contributed by atoms with van der Waals surface area (Å²) < 4.78 is 0. The van der Waals surface area contributed by atoms with Crippen LogP contribution in [0.15, 0.2) is 0 Å². The van der Waals surface area contributed by atoms with Crippen LogP contribution in [0.5, 0.6) is 0 Å². The van der Waals surface area contributed by atoms with Crippen molar-refractivity contribution in [3.63, 3.8) is 0 Å². The van der Waals surface area contributed by atoms with E-state index in [1.165, 1.54) is 4.90 Å². The van der Waals surface area contributed by atoms with Crippen LogP contribution in [0.3, 0.4) is 0 Å². The first-order valence-electron chi connectivity index (χ1n) is 4.79. The molecule has 0 aromatic rings. The SMILES string of the molecule is CC[C@@H](C(N)=O)N1C[C@H](CO)CC1=O. The molecule has 5 heteroatoms. The van der Waals surface area contributed by atoms with Gasteiger partial charge in [-0.1, -0.05) is 6.92 Å². The van der Waals surface area contributed by atoms with Gasteiger partial charge in [-0.3, -0.25) is 9.59 Å². The van der Waals surface area contributed by atoms with Crippen molar-refractivity contribution in [2.75, 3.05) is 13.2 Å². The van der Waals surface area contributed by atoms with Crippen molar-refractivity contribution in [2.24, 2.45) is 11.7 Å². The van der Waals surface area contributed by atoms with Gasteiger partial charge in [0.1, 0.15) is 6.04 Å². The summed E-state index contributed by atoms with van der Waals surface area (Å²) in [6.07, 6.45) is 0.847. The number of carbonyl (C=O) groups excluding carboxylic acids is 2. The molecule has 2 atom stereocenters. The Morgan fingerprint density at radius 3 is 2.79 bits per heavy atom. The molecule has 3 N–H and O–H groups in total. The number of aliphatic hydroxyl groups excluding tert-OH is 1. The number of carbonyl (C=O) groups is 2. The fourth-order valence-corrected chi connectivity index (χ4v) is 1.81. The van der Waals surface area contributed by atoms with Gasteiger partial charge in [-0.05, 0) is 6.42 Å². The van der Waals surface area contributed by atoms with E-state index in [1.54, 1.807) is 0 Å². The molecule has 0 aromatic carbocycles. The highest BCUT2D eigenvalue weighted by Crippen LogP contribution is 2.20. The zero-order valence-electron chi connectivity index (χ0n) is 8.27. The van der Waals surface area contributed by atoms with Crippen molar-refractivity contribution in [1.29, 1.82) is 0 Å². The number of primary amides is 1. The highest BCUT2D eigenvalue weighted by molar-refractivity contribution is 5.87. The number of hydrogen-bond acceptors (Lipinski definition) is 3. The Bertz CT molecular complexity index is 242. The smallest absolute Gasteiger partial charge is 0.240 e. The Balaban J connectivity index is 2.68. The Hall–Kier alpha value is -1.10. The second kappa shape index (κ2) is 4.41. The van der Waals surface area contributed by atoms with E-state index in [9.17, 15) is 9.59 Å². The lowest BCUT2D eigenvalue weighted by Gasteiger charge is -2.24. The normalized spacial score (nSPS) is 24.0. The van der Waals surface area contributed by atoms with Crippen molar-refractivity contribution in [3.05, 3.63) is 0 Å². The van der Waals surface area contributed by atoms with Gasteiger partial charge in [0.25, 0.3) is 0 Å². The van der Waals surface area contributed by atoms with Crippen LogP contribution >= 0.6 is 0 Å². The molecule has 5 nitrogen and oxygen atoms in total. The number of likely N-dealkylation sites (tertiary alicyclic amines) is 1. The largest absolute Gasteiger partial charge is 0.396 e. The zero-order valence-corrected chi connectivity index (χ0v) is 8.27. The van der Waals surface area contributed by atoms with Crippen LogP contribution in [0.1, 0.15) is 19.8 Å². The van der Waals surface area contributed by atoms with Crippen molar-refractivity contribution in [2.45, 2.75) is 25.8 Å². The molecule has 1 aliphatic heterocycles. The van der Waals surface area contributed by atoms with Gasteiger partial charge in [-0.25, -0.2) is 0 Å². The molecule has 1 aliphatic rings. The molecule has 80 valence electrons. The van der Waals surface area contributed by atoms with Gasteiger partial charge in [-0.15, -0.1) is 0 Å². The van der Waals surface area contributed by atoms with Gasteiger partial charge < -0.3 is 15.7 Å². The van der Waals surface area contributed by atoms with E-state index in [-0.39, 0.29) is 18.4 Å². The van der Waals surface area contributed by atoms with Crippen LogP contribution in [-0.2, 0) is 9.59 Å². The molecule has 0 bridgehead atoms. The first-order valence-corrected chi connectivity index (χ1v) is 4.79. The molecule has 0 radical (unpaired) electrons. The number of nitrogens with two attached hydrogens (primary N) is 1. The molecule has 0 aromatic heterocycles. The van der Waals surface area contributed by atoms with Crippen molar-refractivity contribution in [3.8, 4) is 0 Å². The molecule has 0 saturated carbocycles. The molecule has 0 spiro atoms. The van der Waals surface area contributed by atoms with Crippen molar-refractivity contribution >= 4 is 11.8 Å². The number of aliphatic hydroxyl groups is 1. The van der Waals surface area contributed by atoms with Crippen molar-refractivity contribution in [1.82, 2.24) is 4.90 Å². The van der Waals surface area contributed by atoms with Gasteiger partial charge in [0.2, 0.25) is 11.8 Å². The number of nitrogens with zero attached hydrogens (tertiary/aromatic N) is 1. The molecule has 1 heterocycles. The summed E-state index contributed by atoms with van der Waals surface area (Å²) in [5.41, 5.74) is 5.18. The third-order valence-electron chi connectivity index (χ3n) is 2.59. The number of amides is 2. The average Bonchev–Trinajstić information content (AvgIpc) is 2.48. The highest BCUT2D eigenvalue weighted by atomic mass is 16.3. The van der Waals surface area contributed by atoms with Crippen LogP contribution in [0, 0.1) is 5.92 Å². The van der Waals surface area contributed by atoms with Crippen LogP contribution in [0.2, 0.25) is 0 Å². The molecule has 1 rings (SSSR count). The maximum Gasteiger partial charge on any atom is 0.240 e. The third-order valence-corrected chi connectivity index (χ3v) is 2.59. The predicted octanol–water partition coefficient (Wildman–Crippen LogP) is -0.909. The van der Waals surface area contributed by atoms with E-state index >= 15 is 0 Å². The van der Waals surface area contributed by atoms with E-state index < -0.39 is 11.9 Å². The fraction of sp³-hybridized carbons (Fsp3) is 0.778. The van der Waals surface area contributed by atoms with Gasteiger partial charge in [0.05, 0.1) is 0 Å². The second-order valence-electron chi connectivity index (χ2n) is 3.63. The molecule has 0 aliphatic carbocycles. The first kappa shape index (κ1) is 11.0. The quantitative estimate of drug-likeness (QED) is 0.616. The number of hydrogen-bond donors (Lipinski definition) is 2. The average molecular weight is 200 g/mol. The minimum atomic E-state index is -0.515. The Labute approximate surface area is 82.9 Å². The highest BCUT2D eigenvalue weighted by Gasteiger charge is 2.35. The maximum atomic E-state index is 11.5. The standard InChI is InChI=1S/C9H16N2O3/c1-2-7(9(10)14)11-4-6(5-12)3-8(11)13/h6-7,12H,2-5H2,1H3,(H2,10,14)/t6-,7+/m1/s1. The minimum absolute atomic E-state index is 0.0164. The minimum Gasteiger partial charge on any atom is -0.396 e. The van der Waals surface area contributed by atoms with Gasteiger partial charge in [-0.2, -0.15) is 0 Å². The summed E-state index contributed by atoms with van der Waals surface area (Å²) >= 11 is 0. The predicted molar refractivity (Wildman–Crippen MR) is 50.2 cm³/mol. The lowest BCUT2D eigenvalue weighted by molar-refractivity contribution is -0.136. The van der Waals surface area contributed by atoms with Crippen LogP contribution < -0.4 is 5.73 Å². The Kier molecular flexibility index (Phi) is 3.46. The summed E-state index contributed by atoms with van der Waals surface area (Å²) in [5.74, 6) is -0.606. The van der Waals surface area contributed by atoms with Gasteiger partial charge in [0, 0.05) is 25.5 Å². The first-order chi connectivity index (χ1) is 6.60. The van der Waals surface area contributed by atoms with Crippen LogP contribution in [0.25, 0.3) is 0 Å². The molecule has 1 fully saturated rings. The topological polar surface area (TPSA) is 83.6 Å². The molecular weight excluding hydrogens is 184 g/mol. The van der Waals surface area contributed by atoms with E-state index in [1.807, 2.05) is 6.92 Å². The van der Waals surface area contributed by atoms with E-state index in [0.29, 0.717) is 19.4 Å². The lowest BCUT2D eigenvalue weighted by Crippen LogP contribution is -2.45. The summed E-state index contributed by atoms with van der Waals surface area (Å²) in [5, 5.41) is 8.90. The maximum absolute atomic E-state index is 11.5. The monoisotopic (exact) mass is 200 g/mol. The van der Waals surface area contributed by atoms with Crippen LogP contribution in [-0.4, -0.2) is 41.0 Å². The van der Waals surface area contributed by atoms with E-state index in [0.717, 1.165) is 0 Å². The van der Waals surface area contributed by atoms with E-state index in [2.05, 4.69) is 0 Å². The summed E-state index contributed by atoms with van der Waals surface area (Å²) in [7, 11) is 0. The number of rotatable bonds is 4. The molecular formula is C9H16N2O3. The molecule has 2 amide bonds. The van der Waals surface area contributed by atoms with Crippen molar-refractivity contribution < 1.29 is 14.7 Å². The Morgan fingerprint density at radius 1 is 1.79 bits per heavy atom. The summed E-state index contributed by atoms with van der Waals surface area (Å²) in [4.78, 5) is 24.0. The molecule has 0 unspecified atom stereocenters. The molecule has 14 heavy (non-hydrogen) atoms. The van der Waals surface area contributed by atoms with E-state index in [4.69, 9.17) is 10.8 Å². The third kappa shape index (κ3) is 2.04. The summed E-state index contributed by atoms with van der Waals surface area (Å²) in [6, 6.07) is -0.515. The van der Waals surface area contributed by atoms with Crippen LogP contribution in [0.4, 0.5) is 0 Å². The van der Waals surface area contributed by atoms with Gasteiger partial charge >= 0.3 is 0 Å². The lowest BCUT2D eigenvalue weighted by atomic mass is 10.1. The Morgan fingerprint density at radius 2 is 2.43 bits per heavy atom. The van der Waals surface area contributed by atoms with Gasteiger partial charge in [0.15, 0.2) is 0 Å².